The van der Waals surface area contributed by atoms with Gasteiger partial charge in [0.25, 0.3) is 11.5 Å². The third-order valence-corrected chi connectivity index (χ3v) is 5.39. The first kappa shape index (κ1) is 18.1. The van der Waals surface area contributed by atoms with E-state index in [0.29, 0.717) is 22.5 Å². The van der Waals surface area contributed by atoms with E-state index >= 15 is 0 Å². The van der Waals surface area contributed by atoms with Crippen molar-refractivity contribution in [3.05, 3.63) is 86.9 Å². The van der Waals surface area contributed by atoms with Crippen LogP contribution in [0.1, 0.15) is 27.4 Å². The molecule has 28 heavy (non-hydrogen) atoms. The highest BCUT2D eigenvalue weighted by molar-refractivity contribution is 7.17. The second-order valence-corrected chi connectivity index (χ2v) is 7.35. The molecule has 3 aromatic heterocycles. The van der Waals surface area contributed by atoms with Crippen molar-refractivity contribution in [1.82, 2.24) is 9.88 Å². The zero-order valence-corrected chi connectivity index (χ0v) is 16.0. The Labute approximate surface area is 164 Å². The van der Waals surface area contributed by atoms with Crippen LogP contribution in [-0.2, 0) is 13.1 Å². The van der Waals surface area contributed by atoms with Gasteiger partial charge < -0.3 is 19.4 Å². The molecule has 6 nitrogen and oxygen atoms in total. The molecule has 0 saturated carbocycles. The number of aryl methyl sites for hydroxylation is 1. The van der Waals surface area contributed by atoms with Crippen molar-refractivity contribution in [2.45, 2.75) is 20.0 Å². The molecule has 1 amide bonds. The zero-order chi connectivity index (χ0) is 19.7. The van der Waals surface area contributed by atoms with Gasteiger partial charge in [0.05, 0.1) is 23.3 Å². The molecule has 7 heteroatoms. The van der Waals surface area contributed by atoms with Crippen LogP contribution in [0.15, 0.2) is 63.1 Å². The van der Waals surface area contributed by atoms with Crippen LogP contribution in [0.5, 0.6) is 5.75 Å². The van der Waals surface area contributed by atoms with Crippen LogP contribution in [0.2, 0.25) is 0 Å². The number of nitrogens with one attached hydrogen (secondary N) is 1. The Morgan fingerprint density at radius 3 is 2.68 bits per heavy atom. The van der Waals surface area contributed by atoms with Gasteiger partial charge in [0, 0.05) is 0 Å². The molecule has 0 aliphatic heterocycles. The molecule has 0 atom stereocenters. The van der Waals surface area contributed by atoms with Crippen molar-refractivity contribution in [3.63, 3.8) is 0 Å². The van der Waals surface area contributed by atoms with E-state index in [1.807, 2.05) is 37.3 Å². The van der Waals surface area contributed by atoms with Gasteiger partial charge in [-0.3, -0.25) is 9.59 Å². The molecule has 1 aromatic carbocycles. The summed E-state index contributed by atoms with van der Waals surface area (Å²) < 4.78 is 7.46. The summed E-state index contributed by atoms with van der Waals surface area (Å²) in [7, 11) is 0. The Morgan fingerprint density at radius 1 is 1.18 bits per heavy atom. The Bertz CT molecular complexity index is 1200. The fraction of sp³-hybridized carbons (Fsp3) is 0.143. The second kappa shape index (κ2) is 7.36. The molecule has 2 N–H and O–H groups in total. The smallest absolute Gasteiger partial charge is 0.268 e. The third-order valence-electron chi connectivity index (χ3n) is 4.48. The number of nitrogens with zero attached hydrogens (tertiary/aromatic N) is 1. The van der Waals surface area contributed by atoms with E-state index in [0.717, 1.165) is 11.3 Å². The van der Waals surface area contributed by atoms with E-state index in [-0.39, 0.29) is 17.9 Å². The van der Waals surface area contributed by atoms with E-state index in [2.05, 4.69) is 5.32 Å². The van der Waals surface area contributed by atoms with Crippen LogP contribution in [0.3, 0.4) is 0 Å². The molecule has 0 unspecified atom stereocenters. The molecular formula is C21H18N2O4S. The number of carbonyl (C=O) groups is 1. The standard InChI is InChI=1S/C21H18N2O4S/c1-13-7-8-15(27-13)11-22-20(25)17-18(24)19-16(9-10-28-19)23(21(17)26)12-14-5-3-2-4-6-14/h2-10,24H,11-12H2,1H3,(H,22,25). The number of hydrogen-bond acceptors (Lipinski definition) is 5. The largest absolute Gasteiger partial charge is 0.505 e. The van der Waals surface area contributed by atoms with Gasteiger partial charge in [0.2, 0.25) is 0 Å². The lowest BCUT2D eigenvalue weighted by atomic mass is 10.1. The van der Waals surface area contributed by atoms with E-state index in [9.17, 15) is 14.7 Å². The van der Waals surface area contributed by atoms with E-state index in [1.165, 1.54) is 15.9 Å². The average molecular weight is 394 g/mol. The summed E-state index contributed by atoms with van der Waals surface area (Å²) in [5.74, 6) is 0.394. The summed E-state index contributed by atoms with van der Waals surface area (Å²) in [6.07, 6.45) is 0. The molecule has 0 saturated heterocycles. The molecule has 0 bridgehead atoms. The van der Waals surface area contributed by atoms with Crippen molar-refractivity contribution in [2.75, 3.05) is 0 Å². The van der Waals surface area contributed by atoms with Crippen LogP contribution in [-0.4, -0.2) is 15.6 Å². The summed E-state index contributed by atoms with van der Waals surface area (Å²) in [6, 6.07) is 14.8. The molecule has 0 aliphatic rings. The number of carbonyl (C=O) groups excluding carboxylic acids is 1. The fourth-order valence-corrected chi connectivity index (χ4v) is 3.96. The lowest BCUT2D eigenvalue weighted by molar-refractivity contribution is 0.0943. The van der Waals surface area contributed by atoms with Crippen LogP contribution in [0, 0.1) is 6.92 Å². The zero-order valence-electron chi connectivity index (χ0n) is 15.1. The highest BCUT2D eigenvalue weighted by atomic mass is 32.1. The first-order valence-corrected chi connectivity index (χ1v) is 9.63. The lowest BCUT2D eigenvalue weighted by Gasteiger charge is -2.13. The van der Waals surface area contributed by atoms with Crippen LogP contribution in [0.4, 0.5) is 0 Å². The highest BCUT2D eigenvalue weighted by Crippen LogP contribution is 2.31. The van der Waals surface area contributed by atoms with Gasteiger partial charge >= 0.3 is 0 Å². The van der Waals surface area contributed by atoms with Crippen molar-refractivity contribution < 1.29 is 14.3 Å². The first-order chi connectivity index (χ1) is 13.5. The van der Waals surface area contributed by atoms with Crippen LogP contribution < -0.4 is 10.9 Å². The number of thiophene rings is 1. The van der Waals surface area contributed by atoms with Crippen LogP contribution in [0.25, 0.3) is 10.2 Å². The van der Waals surface area contributed by atoms with E-state index in [1.54, 1.807) is 23.6 Å². The van der Waals surface area contributed by atoms with Crippen molar-refractivity contribution in [3.8, 4) is 5.75 Å². The van der Waals surface area contributed by atoms with Gasteiger partial charge in [-0.2, -0.15) is 0 Å². The molecule has 3 heterocycles. The molecule has 142 valence electrons. The maximum Gasteiger partial charge on any atom is 0.268 e. The number of fused-ring (bicyclic) bond motifs is 1. The normalized spacial score (nSPS) is 11.0. The van der Waals surface area contributed by atoms with Gasteiger partial charge in [-0.05, 0) is 36.1 Å². The first-order valence-electron chi connectivity index (χ1n) is 8.75. The second-order valence-electron chi connectivity index (χ2n) is 6.43. The Balaban J connectivity index is 1.73. The van der Waals surface area contributed by atoms with Gasteiger partial charge in [0.15, 0.2) is 5.75 Å². The molecule has 0 aliphatic carbocycles. The van der Waals surface area contributed by atoms with Crippen molar-refractivity contribution in [1.29, 1.82) is 0 Å². The van der Waals surface area contributed by atoms with E-state index in [4.69, 9.17) is 4.42 Å². The Kier molecular flexibility index (Phi) is 4.75. The molecule has 4 aromatic rings. The number of amides is 1. The minimum Gasteiger partial charge on any atom is -0.505 e. The minimum atomic E-state index is -0.631. The Morgan fingerprint density at radius 2 is 1.96 bits per heavy atom. The summed E-state index contributed by atoms with van der Waals surface area (Å²) >= 11 is 1.29. The quantitative estimate of drug-likeness (QED) is 0.541. The Hall–Kier alpha value is -3.32. The number of pyridine rings is 1. The van der Waals surface area contributed by atoms with Crippen molar-refractivity contribution >= 4 is 27.5 Å². The molecule has 0 spiro atoms. The minimum absolute atomic E-state index is 0.132. The molecule has 4 rings (SSSR count). The summed E-state index contributed by atoms with van der Waals surface area (Å²) in [6.45, 7) is 2.25. The summed E-state index contributed by atoms with van der Waals surface area (Å²) in [5.41, 5.74) is 0.754. The predicted octanol–water partition coefficient (Wildman–Crippen LogP) is 3.65. The van der Waals surface area contributed by atoms with Gasteiger partial charge in [-0.25, -0.2) is 0 Å². The monoisotopic (exact) mass is 394 g/mol. The molecular weight excluding hydrogens is 376 g/mol. The lowest BCUT2D eigenvalue weighted by Crippen LogP contribution is -2.33. The number of aromatic nitrogens is 1. The number of rotatable bonds is 5. The third kappa shape index (κ3) is 3.32. The van der Waals surface area contributed by atoms with Gasteiger partial charge in [-0.1, -0.05) is 30.3 Å². The number of hydrogen-bond donors (Lipinski definition) is 2. The van der Waals surface area contributed by atoms with Crippen LogP contribution >= 0.6 is 11.3 Å². The fourth-order valence-electron chi connectivity index (χ4n) is 3.11. The number of benzene rings is 1. The number of aromatic hydroxyl groups is 1. The average Bonchev–Trinajstić information content (AvgIpc) is 3.34. The van der Waals surface area contributed by atoms with E-state index < -0.39 is 11.5 Å². The van der Waals surface area contributed by atoms with Crippen molar-refractivity contribution in [2.24, 2.45) is 0 Å². The maximum atomic E-state index is 13.1. The number of furan rings is 1. The summed E-state index contributed by atoms with van der Waals surface area (Å²) in [5, 5.41) is 15.0. The topological polar surface area (TPSA) is 84.5 Å². The molecule has 0 fully saturated rings. The van der Waals surface area contributed by atoms with Gasteiger partial charge in [-0.15, -0.1) is 11.3 Å². The summed E-state index contributed by atoms with van der Waals surface area (Å²) in [4.78, 5) is 25.8. The predicted molar refractivity (Wildman–Crippen MR) is 108 cm³/mol. The maximum absolute atomic E-state index is 13.1. The highest BCUT2D eigenvalue weighted by Gasteiger charge is 2.23. The SMILES string of the molecule is Cc1ccc(CNC(=O)c2c(O)c3sccc3n(Cc3ccccc3)c2=O)o1. The molecule has 0 radical (unpaired) electrons. The van der Waals surface area contributed by atoms with Gasteiger partial charge in [0.1, 0.15) is 17.1 Å².